The molecular formula is C21H23N3O4S2. The molecule has 0 bridgehead atoms. The minimum atomic E-state index is -3.33. The Kier molecular flexibility index (Phi) is 6.23. The number of aromatic nitrogens is 1. The van der Waals surface area contributed by atoms with Gasteiger partial charge in [-0.3, -0.25) is 9.59 Å². The van der Waals surface area contributed by atoms with Crippen LogP contribution in [0.5, 0.6) is 0 Å². The van der Waals surface area contributed by atoms with Crippen LogP contribution in [-0.4, -0.2) is 37.5 Å². The number of sulfone groups is 1. The quantitative estimate of drug-likeness (QED) is 0.605. The van der Waals surface area contributed by atoms with Crippen LogP contribution in [0, 0.1) is 12.8 Å². The van der Waals surface area contributed by atoms with Crippen LogP contribution in [0.15, 0.2) is 47.4 Å². The first kappa shape index (κ1) is 21.9. The molecule has 1 aromatic heterocycles. The van der Waals surface area contributed by atoms with E-state index in [1.54, 1.807) is 24.3 Å². The molecule has 158 valence electrons. The first-order valence-electron chi connectivity index (χ1n) is 9.33. The topological polar surface area (TPSA) is 105 Å². The number of anilines is 1. The van der Waals surface area contributed by atoms with E-state index >= 15 is 0 Å². The molecule has 9 heteroatoms. The summed E-state index contributed by atoms with van der Waals surface area (Å²) >= 11 is 1.18. The molecule has 2 N–H and O–H groups in total. The fraction of sp³-hybridized carbons (Fsp3) is 0.286. The maximum Gasteiger partial charge on any atom is 0.251 e. The summed E-state index contributed by atoms with van der Waals surface area (Å²) in [6.45, 7) is 5.58. The largest absolute Gasteiger partial charge is 0.340 e. The lowest BCUT2D eigenvalue weighted by Gasteiger charge is -2.21. The van der Waals surface area contributed by atoms with E-state index in [-0.39, 0.29) is 22.6 Å². The number of nitrogens with zero attached hydrogens (tertiary/aromatic N) is 1. The first-order valence-corrected chi connectivity index (χ1v) is 12.0. The molecule has 30 heavy (non-hydrogen) atoms. The Hall–Kier alpha value is -2.78. The molecule has 0 fully saturated rings. The van der Waals surface area contributed by atoms with Gasteiger partial charge >= 0.3 is 0 Å². The molecule has 2 amide bonds. The standard InChI is InChI=1S/C21H23N3O4S2/c1-12(2)18(23-19(25)14-7-5-6-13(3)10-14)20(26)24-21-22-16-9-8-15(30(4,27)28)11-17(16)29-21/h5-12,18H,1-4H3,(H,23,25)(H,22,24,26)/t18-/m0/s1. The minimum Gasteiger partial charge on any atom is -0.340 e. The van der Waals surface area contributed by atoms with E-state index in [0.717, 1.165) is 11.8 Å². The molecule has 3 aromatic rings. The highest BCUT2D eigenvalue weighted by atomic mass is 32.2. The van der Waals surface area contributed by atoms with Crippen molar-refractivity contribution >= 4 is 48.3 Å². The molecule has 0 radical (unpaired) electrons. The van der Waals surface area contributed by atoms with Crippen molar-refractivity contribution in [2.75, 3.05) is 11.6 Å². The van der Waals surface area contributed by atoms with Crippen molar-refractivity contribution in [3.63, 3.8) is 0 Å². The highest BCUT2D eigenvalue weighted by molar-refractivity contribution is 7.90. The zero-order valence-corrected chi connectivity index (χ0v) is 18.7. The number of amides is 2. The number of carbonyl (C=O) groups excluding carboxylic acids is 2. The number of rotatable bonds is 6. The molecule has 2 aromatic carbocycles. The van der Waals surface area contributed by atoms with Crippen LogP contribution >= 0.6 is 11.3 Å². The van der Waals surface area contributed by atoms with Gasteiger partial charge in [0.05, 0.1) is 15.1 Å². The molecule has 0 spiro atoms. The van der Waals surface area contributed by atoms with Gasteiger partial charge in [-0.1, -0.05) is 42.9 Å². The van der Waals surface area contributed by atoms with Crippen molar-refractivity contribution in [1.82, 2.24) is 10.3 Å². The van der Waals surface area contributed by atoms with Crippen molar-refractivity contribution in [1.29, 1.82) is 0 Å². The SMILES string of the molecule is Cc1cccc(C(=O)N[C@H](C(=O)Nc2nc3ccc(S(C)(=O)=O)cc3s2)C(C)C)c1. The summed E-state index contributed by atoms with van der Waals surface area (Å²) in [6, 6.07) is 11.0. The Morgan fingerprint density at radius 1 is 1.10 bits per heavy atom. The van der Waals surface area contributed by atoms with Crippen LogP contribution in [-0.2, 0) is 14.6 Å². The van der Waals surface area contributed by atoms with Crippen LogP contribution in [0.3, 0.4) is 0 Å². The summed E-state index contributed by atoms with van der Waals surface area (Å²) < 4.78 is 24.1. The summed E-state index contributed by atoms with van der Waals surface area (Å²) in [7, 11) is -3.33. The number of carbonyl (C=O) groups is 2. The normalized spacial score (nSPS) is 12.7. The molecule has 0 aliphatic heterocycles. The van der Waals surface area contributed by atoms with Crippen molar-refractivity contribution in [3.05, 3.63) is 53.6 Å². The highest BCUT2D eigenvalue weighted by Gasteiger charge is 2.25. The Balaban J connectivity index is 1.78. The maximum absolute atomic E-state index is 12.8. The van der Waals surface area contributed by atoms with Gasteiger partial charge in [0.1, 0.15) is 6.04 Å². The molecule has 1 atom stereocenters. The summed E-state index contributed by atoms with van der Waals surface area (Å²) in [6.07, 6.45) is 1.14. The first-order chi connectivity index (χ1) is 14.0. The molecule has 0 saturated carbocycles. The fourth-order valence-corrected chi connectivity index (χ4v) is 4.55. The van der Waals surface area contributed by atoms with E-state index in [2.05, 4.69) is 15.6 Å². The molecule has 0 aliphatic rings. The van der Waals surface area contributed by atoms with Crippen molar-refractivity contribution in [2.45, 2.75) is 31.7 Å². The summed E-state index contributed by atoms with van der Waals surface area (Å²) in [5, 5.41) is 5.88. The fourth-order valence-electron chi connectivity index (χ4n) is 2.92. The molecule has 0 saturated heterocycles. The monoisotopic (exact) mass is 445 g/mol. The predicted molar refractivity (Wildman–Crippen MR) is 119 cm³/mol. The van der Waals surface area contributed by atoms with E-state index < -0.39 is 15.9 Å². The van der Waals surface area contributed by atoms with Crippen molar-refractivity contribution in [2.24, 2.45) is 5.92 Å². The Bertz CT molecular complexity index is 1220. The number of thiazole rings is 1. The van der Waals surface area contributed by atoms with Gasteiger partial charge in [0.2, 0.25) is 5.91 Å². The minimum absolute atomic E-state index is 0.148. The molecule has 7 nitrogen and oxygen atoms in total. The number of fused-ring (bicyclic) bond motifs is 1. The third kappa shape index (κ3) is 5.03. The van der Waals surface area contributed by atoms with Crippen molar-refractivity contribution < 1.29 is 18.0 Å². The van der Waals surface area contributed by atoms with Gasteiger partial charge in [-0.15, -0.1) is 0 Å². The van der Waals surface area contributed by atoms with Gasteiger partial charge in [0.15, 0.2) is 15.0 Å². The molecule has 3 rings (SSSR count). The molecular weight excluding hydrogens is 422 g/mol. The Morgan fingerprint density at radius 3 is 2.47 bits per heavy atom. The Morgan fingerprint density at radius 2 is 1.83 bits per heavy atom. The summed E-state index contributed by atoms with van der Waals surface area (Å²) in [5.74, 6) is -0.854. The maximum atomic E-state index is 12.8. The van der Waals surface area contributed by atoms with Crippen molar-refractivity contribution in [3.8, 4) is 0 Å². The predicted octanol–water partition coefficient (Wildman–Crippen LogP) is 3.40. The zero-order chi connectivity index (χ0) is 22.1. The third-order valence-corrected chi connectivity index (χ3v) is 6.58. The lowest BCUT2D eigenvalue weighted by atomic mass is 10.0. The van der Waals surface area contributed by atoms with E-state index in [4.69, 9.17) is 0 Å². The van der Waals surface area contributed by atoms with Crippen LogP contribution < -0.4 is 10.6 Å². The third-order valence-electron chi connectivity index (χ3n) is 4.53. The van der Waals surface area contributed by atoms with E-state index in [0.29, 0.717) is 20.9 Å². The lowest BCUT2D eigenvalue weighted by Crippen LogP contribution is -2.47. The van der Waals surface area contributed by atoms with Gasteiger partial charge in [0.25, 0.3) is 5.91 Å². The number of aryl methyl sites for hydroxylation is 1. The van der Waals surface area contributed by atoms with Crippen LogP contribution in [0.1, 0.15) is 29.8 Å². The lowest BCUT2D eigenvalue weighted by molar-refractivity contribution is -0.118. The summed E-state index contributed by atoms with van der Waals surface area (Å²) in [4.78, 5) is 30.0. The number of hydrogen-bond donors (Lipinski definition) is 2. The van der Waals surface area contributed by atoms with Gasteiger partial charge in [-0.2, -0.15) is 0 Å². The van der Waals surface area contributed by atoms with Gasteiger partial charge < -0.3 is 10.6 Å². The van der Waals surface area contributed by atoms with Gasteiger partial charge in [0, 0.05) is 11.8 Å². The van der Waals surface area contributed by atoms with Crippen LogP contribution in [0.2, 0.25) is 0 Å². The molecule has 1 heterocycles. The van der Waals surface area contributed by atoms with E-state index in [1.165, 1.54) is 23.5 Å². The van der Waals surface area contributed by atoms with Crippen LogP contribution in [0.4, 0.5) is 5.13 Å². The van der Waals surface area contributed by atoms with E-state index in [9.17, 15) is 18.0 Å². The average Bonchev–Trinajstić information content (AvgIpc) is 3.06. The second kappa shape index (κ2) is 8.53. The smallest absolute Gasteiger partial charge is 0.251 e. The number of benzene rings is 2. The second-order valence-corrected chi connectivity index (χ2v) is 10.5. The zero-order valence-electron chi connectivity index (χ0n) is 17.1. The Labute approximate surface area is 179 Å². The second-order valence-electron chi connectivity index (χ2n) is 7.47. The average molecular weight is 446 g/mol. The number of nitrogens with one attached hydrogen (secondary N) is 2. The van der Waals surface area contributed by atoms with Crippen LogP contribution in [0.25, 0.3) is 10.2 Å². The van der Waals surface area contributed by atoms with Gasteiger partial charge in [-0.05, 0) is 43.2 Å². The molecule has 0 unspecified atom stereocenters. The van der Waals surface area contributed by atoms with Gasteiger partial charge in [-0.25, -0.2) is 13.4 Å². The molecule has 0 aliphatic carbocycles. The van der Waals surface area contributed by atoms with E-state index in [1.807, 2.05) is 26.8 Å². The highest BCUT2D eigenvalue weighted by Crippen LogP contribution is 2.28. The summed E-state index contributed by atoms with van der Waals surface area (Å²) in [5.41, 5.74) is 2.03. The number of hydrogen-bond acceptors (Lipinski definition) is 6.